The molecule has 3 aromatic rings. The van der Waals surface area contributed by atoms with Gasteiger partial charge in [-0.2, -0.15) is 5.10 Å². The van der Waals surface area contributed by atoms with Gasteiger partial charge in [-0.15, -0.1) is 11.3 Å². The minimum absolute atomic E-state index is 0.273. The van der Waals surface area contributed by atoms with Crippen LogP contribution in [0.1, 0.15) is 43.1 Å². The molecule has 1 aliphatic carbocycles. The van der Waals surface area contributed by atoms with Crippen LogP contribution in [0.2, 0.25) is 0 Å². The first-order valence-corrected chi connectivity index (χ1v) is 12.0. The molecule has 0 atom stereocenters. The van der Waals surface area contributed by atoms with Gasteiger partial charge in [0.2, 0.25) is 0 Å². The highest BCUT2D eigenvalue weighted by atomic mass is 32.1. The summed E-state index contributed by atoms with van der Waals surface area (Å²) in [5.74, 6) is -2.19. The molecule has 1 aliphatic rings. The minimum atomic E-state index is -1.01. The molecule has 37 heavy (non-hydrogen) atoms. The topological polar surface area (TPSA) is 132 Å². The Hall–Kier alpha value is -4.51. The van der Waals surface area contributed by atoms with Crippen molar-refractivity contribution in [3.8, 4) is 11.5 Å². The lowest BCUT2D eigenvalue weighted by Gasteiger charge is -2.06. The summed E-state index contributed by atoms with van der Waals surface area (Å²) in [5.41, 5.74) is 4.17. The highest BCUT2D eigenvalue weighted by Crippen LogP contribution is 2.39. The number of amides is 2. The summed E-state index contributed by atoms with van der Waals surface area (Å²) in [5, 5.41) is 6.57. The molecule has 1 aromatic heterocycles. The smallest absolute Gasteiger partial charge is 0.343 e. The summed E-state index contributed by atoms with van der Waals surface area (Å²) in [6.45, 7) is 0. The summed E-state index contributed by atoms with van der Waals surface area (Å²) in [6, 6.07) is 13.0. The maximum atomic E-state index is 12.4. The number of hydrazone groups is 1. The second kappa shape index (κ2) is 11.5. The summed E-state index contributed by atoms with van der Waals surface area (Å²) < 4.78 is 15.3. The number of anilines is 1. The van der Waals surface area contributed by atoms with Gasteiger partial charge in [-0.25, -0.2) is 15.0 Å². The lowest BCUT2D eigenvalue weighted by molar-refractivity contribution is -0.136. The Morgan fingerprint density at radius 1 is 0.946 bits per heavy atom. The SMILES string of the molecule is COC(=O)c1c(NC(=O)C(=O)N/N=C/c2cccc(OC(=O)c3ccc(OC)cc3)c2)sc2c1CCC2. The molecule has 0 aliphatic heterocycles. The zero-order valence-electron chi connectivity index (χ0n) is 20.0. The predicted octanol–water partition coefficient (Wildman–Crippen LogP) is 3.34. The van der Waals surface area contributed by atoms with Crippen LogP contribution < -0.4 is 20.2 Å². The van der Waals surface area contributed by atoms with Gasteiger partial charge in [0.25, 0.3) is 0 Å². The van der Waals surface area contributed by atoms with Crippen LogP contribution in [0.4, 0.5) is 5.00 Å². The molecule has 0 saturated carbocycles. The Balaban J connectivity index is 1.35. The van der Waals surface area contributed by atoms with E-state index >= 15 is 0 Å². The molecule has 11 heteroatoms. The number of benzene rings is 2. The predicted molar refractivity (Wildman–Crippen MR) is 136 cm³/mol. The average Bonchev–Trinajstić information content (AvgIpc) is 3.49. The second-order valence-corrected chi connectivity index (χ2v) is 9.00. The lowest BCUT2D eigenvalue weighted by atomic mass is 10.1. The van der Waals surface area contributed by atoms with Crippen LogP contribution >= 0.6 is 11.3 Å². The van der Waals surface area contributed by atoms with E-state index in [1.54, 1.807) is 48.5 Å². The molecular formula is C26H23N3O7S. The molecule has 190 valence electrons. The van der Waals surface area contributed by atoms with Crippen LogP contribution in [0.25, 0.3) is 0 Å². The van der Waals surface area contributed by atoms with Crippen molar-refractivity contribution < 1.29 is 33.4 Å². The summed E-state index contributed by atoms with van der Waals surface area (Å²) >= 11 is 1.27. The molecule has 2 aromatic carbocycles. The van der Waals surface area contributed by atoms with Crippen molar-refractivity contribution >= 4 is 46.3 Å². The molecular weight excluding hydrogens is 498 g/mol. The fourth-order valence-corrected chi connectivity index (χ4v) is 5.01. The van der Waals surface area contributed by atoms with Crippen LogP contribution in [-0.2, 0) is 27.2 Å². The Kier molecular flexibility index (Phi) is 7.94. The fraction of sp³-hybridized carbons (Fsp3) is 0.192. The summed E-state index contributed by atoms with van der Waals surface area (Å²) in [4.78, 5) is 50.2. The number of thiophene rings is 1. The van der Waals surface area contributed by atoms with Crippen LogP contribution in [0.3, 0.4) is 0 Å². The van der Waals surface area contributed by atoms with Crippen molar-refractivity contribution in [3.63, 3.8) is 0 Å². The number of esters is 2. The number of ether oxygens (including phenoxy) is 3. The van der Waals surface area contributed by atoms with E-state index in [2.05, 4.69) is 15.8 Å². The molecule has 4 rings (SSSR count). The molecule has 1 heterocycles. The fourth-order valence-electron chi connectivity index (χ4n) is 3.74. The van der Waals surface area contributed by atoms with Crippen LogP contribution in [0, 0.1) is 0 Å². The number of fused-ring (bicyclic) bond motifs is 1. The number of carbonyl (C=O) groups is 4. The van der Waals surface area contributed by atoms with Crippen LogP contribution in [0.5, 0.6) is 11.5 Å². The van der Waals surface area contributed by atoms with Gasteiger partial charge in [0, 0.05) is 4.88 Å². The lowest BCUT2D eigenvalue weighted by Crippen LogP contribution is -2.32. The number of hydrogen-bond acceptors (Lipinski definition) is 9. The van der Waals surface area contributed by atoms with Gasteiger partial charge < -0.3 is 19.5 Å². The van der Waals surface area contributed by atoms with Crippen LogP contribution in [0.15, 0.2) is 53.6 Å². The van der Waals surface area contributed by atoms with Gasteiger partial charge in [-0.3, -0.25) is 9.59 Å². The Morgan fingerprint density at radius 2 is 1.73 bits per heavy atom. The van der Waals surface area contributed by atoms with E-state index in [-0.39, 0.29) is 10.8 Å². The highest BCUT2D eigenvalue weighted by molar-refractivity contribution is 7.17. The van der Waals surface area contributed by atoms with E-state index in [1.807, 2.05) is 0 Å². The van der Waals surface area contributed by atoms with Gasteiger partial charge in [-0.1, -0.05) is 12.1 Å². The number of aryl methyl sites for hydroxylation is 1. The quantitative estimate of drug-likeness (QED) is 0.160. The van der Waals surface area contributed by atoms with Crippen molar-refractivity contribution in [2.24, 2.45) is 5.10 Å². The maximum Gasteiger partial charge on any atom is 0.343 e. The summed E-state index contributed by atoms with van der Waals surface area (Å²) in [6.07, 6.45) is 3.76. The molecule has 0 spiro atoms. The standard InChI is InChI=1S/C26H23N3O7S/c1-34-17-11-9-16(10-12-17)25(32)36-18-6-3-5-15(13-18)14-27-29-23(31)22(30)28-24-21(26(33)35-2)19-7-4-8-20(19)37-24/h3,5-6,9-14H,4,7-8H2,1-2H3,(H,28,30)(H,29,31)/b27-14+. The summed E-state index contributed by atoms with van der Waals surface area (Å²) in [7, 11) is 2.80. The first kappa shape index (κ1) is 25.6. The normalized spacial score (nSPS) is 12.1. The zero-order chi connectivity index (χ0) is 26.4. The zero-order valence-corrected chi connectivity index (χ0v) is 20.8. The average molecular weight is 522 g/mol. The maximum absolute atomic E-state index is 12.4. The largest absolute Gasteiger partial charge is 0.497 e. The van der Waals surface area contributed by atoms with Crippen molar-refractivity contribution in [1.29, 1.82) is 0 Å². The van der Waals surface area contributed by atoms with Gasteiger partial charge in [0.15, 0.2) is 0 Å². The number of rotatable bonds is 7. The Labute approximate surface area is 216 Å². The van der Waals surface area contributed by atoms with Gasteiger partial charge in [-0.05, 0) is 66.8 Å². The first-order chi connectivity index (χ1) is 17.9. The molecule has 0 unspecified atom stereocenters. The van der Waals surface area contributed by atoms with Gasteiger partial charge in [0.1, 0.15) is 16.5 Å². The molecule has 0 radical (unpaired) electrons. The van der Waals surface area contributed by atoms with Gasteiger partial charge in [0.05, 0.1) is 31.6 Å². The molecule has 0 saturated heterocycles. The van der Waals surface area contributed by atoms with Crippen molar-refractivity contribution in [2.45, 2.75) is 19.3 Å². The molecule has 0 bridgehead atoms. The van der Waals surface area contributed by atoms with Crippen LogP contribution in [-0.4, -0.2) is 44.2 Å². The number of methoxy groups -OCH3 is 2. The third kappa shape index (κ3) is 6.01. The number of nitrogens with one attached hydrogen (secondary N) is 2. The molecule has 2 amide bonds. The number of nitrogens with zero attached hydrogens (tertiary/aromatic N) is 1. The van der Waals surface area contributed by atoms with E-state index in [1.165, 1.54) is 31.8 Å². The molecule has 0 fully saturated rings. The van der Waals surface area contributed by atoms with E-state index in [0.29, 0.717) is 22.4 Å². The Bertz CT molecular complexity index is 1380. The third-order valence-corrected chi connectivity index (χ3v) is 6.73. The number of carbonyl (C=O) groups excluding carboxylic acids is 4. The van der Waals surface area contributed by atoms with Crippen molar-refractivity contribution in [3.05, 3.63) is 75.7 Å². The van der Waals surface area contributed by atoms with Gasteiger partial charge >= 0.3 is 23.8 Å². The minimum Gasteiger partial charge on any atom is -0.497 e. The van der Waals surface area contributed by atoms with E-state index in [0.717, 1.165) is 29.7 Å². The Morgan fingerprint density at radius 3 is 2.46 bits per heavy atom. The third-order valence-electron chi connectivity index (χ3n) is 5.52. The molecule has 2 N–H and O–H groups in total. The van der Waals surface area contributed by atoms with E-state index in [9.17, 15) is 19.2 Å². The van der Waals surface area contributed by atoms with Crippen molar-refractivity contribution in [2.75, 3.05) is 19.5 Å². The molecule has 10 nitrogen and oxygen atoms in total. The second-order valence-electron chi connectivity index (χ2n) is 7.90. The van der Waals surface area contributed by atoms with Crippen molar-refractivity contribution in [1.82, 2.24) is 5.43 Å². The van der Waals surface area contributed by atoms with E-state index < -0.39 is 23.8 Å². The monoisotopic (exact) mass is 521 g/mol. The first-order valence-electron chi connectivity index (χ1n) is 11.2. The number of hydrogen-bond donors (Lipinski definition) is 2. The van der Waals surface area contributed by atoms with E-state index in [4.69, 9.17) is 14.2 Å². The highest BCUT2D eigenvalue weighted by Gasteiger charge is 2.29.